The van der Waals surface area contributed by atoms with E-state index in [1.54, 1.807) is 25.1 Å². The minimum atomic E-state index is -4.00. The fraction of sp³-hybridized carbons (Fsp3) is 0.160. The summed E-state index contributed by atoms with van der Waals surface area (Å²) in [6.07, 6.45) is 0.484. The Kier molecular flexibility index (Phi) is 7.00. The molecule has 0 fully saturated rings. The molecule has 0 bridgehead atoms. The van der Waals surface area contributed by atoms with Gasteiger partial charge in [-0.05, 0) is 49.2 Å². The highest BCUT2D eigenvalue weighted by molar-refractivity contribution is 7.89. The van der Waals surface area contributed by atoms with Crippen molar-refractivity contribution in [2.24, 2.45) is 0 Å². The second-order valence-corrected chi connectivity index (χ2v) is 10.5. The molecule has 176 valence electrons. The van der Waals surface area contributed by atoms with E-state index < -0.39 is 16.0 Å². The Morgan fingerprint density at radius 3 is 2.32 bits per heavy atom. The first-order valence-electron chi connectivity index (χ1n) is 10.4. The number of hydrogen-bond donors (Lipinski definition) is 1. The average molecular weight is 518 g/mol. The maximum absolute atomic E-state index is 13.8. The summed E-state index contributed by atoms with van der Waals surface area (Å²) < 4.78 is 34.3. The van der Waals surface area contributed by atoms with Gasteiger partial charge in [0.1, 0.15) is 5.58 Å². The maximum atomic E-state index is 13.8. The maximum Gasteiger partial charge on any atom is 0.372 e. The summed E-state index contributed by atoms with van der Waals surface area (Å²) in [5, 5.41) is 10.5. The number of sulfonamides is 1. The minimum absolute atomic E-state index is 0.0174. The molecule has 0 aliphatic carbocycles. The van der Waals surface area contributed by atoms with E-state index >= 15 is 0 Å². The lowest BCUT2D eigenvalue weighted by Crippen LogP contribution is -2.32. The summed E-state index contributed by atoms with van der Waals surface area (Å²) in [5.41, 5.74) is 2.17. The summed E-state index contributed by atoms with van der Waals surface area (Å²) in [7, 11) is -4.00. The standard InChI is InChI=1S/C25H21Cl2NO5S/c1-16-19-14-18(10-11-23(19)33-24(16)25(29)30)34(31,32)28(13-12-17-6-3-2-4-7-17)15-20-21(26)8-5-9-22(20)27/h2-11,14H,12-13,15H2,1H3,(H,29,30). The van der Waals surface area contributed by atoms with Gasteiger partial charge in [-0.25, -0.2) is 13.2 Å². The fourth-order valence-corrected chi connectivity index (χ4v) is 5.71. The van der Waals surface area contributed by atoms with E-state index in [-0.39, 0.29) is 23.7 Å². The number of benzene rings is 3. The van der Waals surface area contributed by atoms with Crippen molar-refractivity contribution in [3.05, 3.63) is 99.2 Å². The van der Waals surface area contributed by atoms with Gasteiger partial charge in [-0.2, -0.15) is 4.31 Å². The van der Waals surface area contributed by atoms with Gasteiger partial charge in [0.05, 0.1) is 4.90 Å². The quantitative estimate of drug-likeness (QED) is 0.301. The number of nitrogens with zero attached hydrogens (tertiary/aromatic N) is 1. The van der Waals surface area contributed by atoms with Crippen LogP contribution in [0.2, 0.25) is 10.0 Å². The van der Waals surface area contributed by atoms with Crippen LogP contribution < -0.4 is 0 Å². The van der Waals surface area contributed by atoms with Crippen molar-refractivity contribution in [1.29, 1.82) is 0 Å². The molecule has 6 nitrogen and oxygen atoms in total. The van der Waals surface area contributed by atoms with E-state index in [4.69, 9.17) is 27.6 Å². The molecular formula is C25H21Cl2NO5S. The van der Waals surface area contributed by atoms with Crippen molar-refractivity contribution < 1.29 is 22.7 Å². The predicted molar refractivity (Wildman–Crippen MR) is 132 cm³/mol. The molecule has 0 amide bonds. The second-order valence-electron chi connectivity index (χ2n) is 7.79. The first-order valence-corrected chi connectivity index (χ1v) is 12.6. The molecule has 0 aliphatic rings. The van der Waals surface area contributed by atoms with E-state index in [0.717, 1.165) is 5.56 Å². The molecule has 1 N–H and O–H groups in total. The lowest BCUT2D eigenvalue weighted by atomic mass is 10.1. The van der Waals surface area contributed by atoms with Crippen LogP contribution in [0.25, 0.3) is 11.0 Å². The number of aromatic carboxylic acids is 1. The van der Waals surface area contributed by atoms with E-state index in [1.807, 2.05) is 30.3 Å². The molecule has 1 aromatic heterocycles. The summed E-state index contributed by atoms with van der Waals surface area (Å²) in [4.78, 5) is 11.4. The molecule has 1 heterocycles. The Balaban J connectivity index is 1.75. The normalized spacial score (nSPS) is 11.9. The number of hydrogen-bond acceptors (Lipinski definition) is 4. The summed E-state index contributed by atoms with van der Waals surface area (Å²) in [5.74, 6) is -1.43. The third kappa shape index (κ3) is 4.83. The van der Waals surface area contributed by atoms with Gasteiger partial charge in [0.15, 0.2) is 0 Å². The van der Waals surface area contributed by atoms with Crippen molar-refractivity contribution >= 4 is 50.2 Å². The molecule has 0 aliphatic heterocycles. The molecule has 4 rings (SSSR count). The smallest absolute Gasteiger partial charge is 0.372 e. The van der Waals surface area contributed by atoms with Crippen LogP contribution in [0.3, 0.4) is 0 Å². The monoisotopic (exact) mass is 517 g/mol. The van der Waals surface area contributed by atoms with E-state index in [0.29, 0.717) is 38.6 Å². The molecule has 0 spiro atoms. The van der Waals surface area contributed by atoms with Crippen LogP contribution in [0.1, 0.15) is 27.2 Å². The molecule has 0 atom stereocenters. The molecule has 3 aromatic carbocycles. The third-order valence-corrected chi connectivity index (χ3v) is 8.18. The Bertz CT molecular complexity index is 1450. The van der Waals surface area contributed by atoms with Crippen LogP contribution in [0.5, 0.6) is 0 Å². The summed E-state index contributed by atoms with van der Waals surface area (Å²) in [6.45, 7) is 1.76. The van der Waals surface area contributed by atoms with Crippen LogP contribution in [-0.2, 0) is 23.0 Å². The number of carboxylic acid groups (broad SMARTS) is 1. The van der Waals surface area contributed by atoms with Crippen LogP contribution >= 0.6 is 23.2 Å². The Labute approximate surface area is 207 Å². The molecule has 4 aromatic rings. The van der Waals surface area contributed by atoms with Crippen molar-refractivity contribution in [2.75, 3.05) is 6.54 Å². The number of aryl methyl sites for hydroxylation is 1. The van der Waals surface area contributed by atoms with E-state index in [9.17, 15) is 18.3 Å². The molecule has 34 heavy (non-hydrogen) atoms. The van der Waals surface area contributed by atoms with Crippen molar-refractivity contribution in [3.8, 4) is 0 Å². The van der Waals surface area contributed by atoms with Crippen molar-refractivity contribution in [3.63, 3.8) is 0 Å². The van der Waals surface area contributed by atoms with Gasteiger partial charge < -0.3 is 9.52 Å². The highest BCUT2D eigenvalue weighted by Crippen LogP contribution is 2.31. The molecule has 9 heteroatoms. The van der Waals surface area contributed by atoms with Gasteiger partial charge in [-0.1, -0.05) is 59.6 Å². The number of furan rings is 1. The number of carboxylic acids is 1. The Morgan fingerprint density at radius 2 is 1.68 bits per heavy atom. The van der Waals surface area contributed by atoms with Crippen LogP contribution in [0, 0.1) is 6.92 Å². The molecule has 0 radical (unpaired) electrons. The number of fused-ring (bicyclic) bond motifs is 1. The van der Waals surface area contributed by atoms with Crippen molar-refractivity contribution in [2.45, 2.75) is 24.8 Å². The fourth-order valence-electron chi connectivity index (χ4n) is 3.76. The summed E-state index contributed by atoms with van der Waals surface area (Å²) >= 11 is 12.7. The average Bonchev–Trinajstić information content (AvgIpc) is 3.15. The Morgan fingerprint density at radius 1 is 1.00 bits per heavy atom. The lowest BCUT2D eigenvalue weighted by Gasteiger charge is -2.23. The molecular weight excluding hydrogens is 497 g/mol. The zero-order valence-electron chi connectivity index (χ0n) is 18.2. The third-order valence-electron chi connectivity index (χ3n) is 5.63. The number of carbonyl (C=O) groups is 1. The molecule has 0 saturated heterocycles. The predicted octanol–water partition coefficient (Wildman–Crippen LogP) is 6.18. The lowest BCUT2D eigenvalue weighted by molar-refractivity contribution is 0.0664. The van der Waals surface area contributed by atoms with Crippen LogP contribution in [-0.4, -0.2) is 30.3 Å². The van der Waals surface area contributed by atoms with Gasteiger partial charge in [-0.3, -0.25) is 0 Å². The summed E-state index contributed by atoms with van der Waals surface area (Å²) in [6, 6.07) is 18.9. The molecule has 0 saturated carbocycles. The van der Waals surface area contributed by atoms with Gasteiger partial charge in [-0.15, -0.1) is 0 Å². The highest BCUT2D eigenvalue weighted by Gasteiger charge is 2.28. The largest absolute Gasteiger partial charge is 0.475 e. The van der Waals surface area contributed by atoms with E-state index in [1.165, 1.54) is 22.5 Å². The Hall–Kier alpha value is -2.84. The van der Waals surface area contributed by atoms with Gasteiger partial charge >= 0.3 is 5.97 Å². The number of halogens is 2. The van der Waals surface area contributed by atoms with Gasteiger partial charge in [0.25, 0.3) is 0 Å². The topological polar surface area (TPSA) is 87.8 Å². The second kappa shape index (κ2) is 9.80. The van der Waals surface area contributed by atoms with Crippen molar-refractivity contribution in [1.82, 2.24) is 4.31 Å². The minimum Gasteiger partial charge on any atom is -0.475 e. The zero-order valence-corrected chi connectivity index (χ0v) is 20.5. The SMILES string of the molecule is Cc1c(C(=O)O)oc2ccc(S(=O)(=O)N(CCc3ccccc3)Cc3c(Cl)cccc3Cl)cc12. The van der Waals surface area contributed by atoms with E-state index in [2.05, 4.69) is 0 Å². The first-order chi connectivity index (χ1) is 16.2. The van der Waals surface area contributed by atoms with Crippen LogP contribution in [0.15, 0.2) is 76.0 Å². The molecule has 0 unspecified atom stereocenters. The van der Waals surface area contributed by atoms with Gasteiger partial charge in [0.2, 0.25) is 15.8 Å². The first kappa shape index (κ1) is 24.3. The van der Waals surface area contributed by atoms with Gasteiger partial charge in [0, 0.05) is 39.6 Å². The van der Waals surface area contributed by atoms with Crippen LogP contribution in [0.4, 0.5) is 0 Å². The zero-order chi connectivity index (χ0) is 24.5. The number of rotatable bonds is 8. The highest BCUT2D eigenvalue weighted by atomic mass is 35.5.